The fourth-order valence-electron chi connectivity index (χ4n) is 3.49. The second-order valence-electron chi connectivity index (χ2n) is 6.68. The molecule has 0 fully saturated rings. The molecule has 0 spiro atoms. The van der Waals surface area contributed by atoms with Gasteiger partial charge in [0.2, 0.25) is 0 Å². The third kappa shape index (κ3) is 2.70. The lowest BCUT2D eigenvalue weighted by molar-refractivity contribution is 0.402. The smallest absolute Gasteiger partial charge is 0.0497 e. The van der Waals surface area contributed by atoms with Crippen molar-refractivity contribution in [3.8, 4) is 0 Å². The van der Waals surface area contributed by atoms with Crippen molar-refractivity contribution in [1.29, 1.82) is 0 Å². The molecule has 0 N–H and O–H groups in total. The molecule has 0 amide bonds. The predicted molar refractivity (Wildman–Crippen MR) is 102 cm³/mol. The summed E-state index contributed by atoms with van der Waals surface area (Å²) in [6.45, 7) is 1.86. The van der Waals surface area contributed by atoms with E-state index in [0.29, 0.717) is 0 Å². The zero-order chi connectivity index (χ0) is 16.5. The highest BCUT2D eigenvalue weighted by molar-refractivity contribution is 6.08. The predicted octanol–water partition coefficient (Wildman–Crippen LogP) is 4.90. The molecule has 0 aliphatic heterocycles. The number of aromatic nitrogens is 1. The van der Waals surface area contributed by atoms with Crippen molar-refractivity contribution < 1.29 is 0 Å². The topological polar surface area (TPSA) is 8.17 Å². The van der Waals surface area contributed by atoms with E-state index in [1.165, 1.54) is 32.9 Å². The van der Waals surface area contributed by atoms with Crippen LogP contribution in [-0.2, 0) is 13.1 Å². The normalized spacial score (nSPS) is 11.6. The number of hydrogen-bond acceptors (Lipinski definition) is 1. The average molecular weight is 314 g/mol. The summed E-state index contributed by atoms with van der Waals surface area (Å²) in [5, 5.41) is 2.67. The zero-order valence-electron chi connectivity index (χ0n) is 14.2. The van der Waals surface area contributed by atoms with Gasteiger partial charge in [-0.15, -0.1) is 0 Å². The van der Waals surface area contributed by atoms with Gasteiger partial charge in [0.25, 0.3) is 0 Å². The first kappa shape index (κ1) is 15.0. The van der Waals surface area contributed by atoms with Crippen molar-refractivity contribution in [2.24, 2.45) is 0 Å². The van der Waals surface area contributed by atoms with Crippen LogP contribution in [0.5, 0.6) is 0 Å². The Kier molecular flexibility index (Phi) is 3.83. The van der Waals surface area contributed by atoms with E-state index in [1.54, 1.807) is 0 Å². The van der Waals surface area contributed by atoms with E-state index in [1.807, 2.05) is 0 Å². The highest BCUT2D eigenvalue weighted by Crippen LogP contribution is 2.30. The maximum atomic E-state index is 2.44. The molecule has 0 aliphatic rings. The molecule has 120 valence electrons. The van der Waals surface area contributed by atoms with E-state index in [0.717, 1.165) is 13.1 Å². The molecule has 0 atom stereocenters. The minimum atomic E-state index is 0.899. The molecule has 0 saturated carbocycles. The molecule has 0 saturated heterocycles. The molecule has 1 aromatic heterocycles. The quantitative estimate of drug-likeness (QED) is 0.520. The third-order valence-electron chi connectivity index (χ3n) is 4.52. The summed E-state index contributed by atoms with van der Waals surface area (Å²) in [6.07, 6.45) is 0. The number of hydrogen-bond donors (Lipinski definition) is 0. The third-order valence-corrected chi connectivity index (χ3v) is 4.52. The number of nitrogens with zero attached hydrogens (tertiary/aromatic N) is 2. The SMILES string of the molecule is CN(C)Cc1ccc2c3ccccc3n(Cc3ccccc3)c2c1. The van der Waals surface area contributed by atoms with Gasteiger partial charge >= 0.3 is 0 Å². The summed E-state index contributed by atoms with van der Waals surface area (Å²) in [5.74, 6) is 0. The first-order chi connectivity index (χ1) is 11.7. The van der Waals surface area contributed by atoms with Crippen molar-refractivity contribution in [1.82, 2.24) is 9.47 Å². The molecule has 24 heavy (non-hydrogen) atoms. The molecule has 3 aromatic carbocycles. The van der Waals surface area contributed by atoms with Gasteiger partial charge < -0.3 is 9.47 Å². The molecular weight excluding hydrogens is 292 g/mol. The van der Waals surface area contributed by atoms with Gasteiger partial charge in [0, 0.05) is 34.9 Å². The van der Waals surface area contributed by atoms with Crippen LogP contribution in [0.15, 0.2) is 72.8 Å². The zero-order valence-corrected chi connectivity index (χ0v) is 14.2. The van der Waals surface area contributed by atoms with Gasteiger partial charge in [-0.1, -0.05) is 60.7 Å². The molecule has 2 heteroatoms. The second kappa shape index (κ2) is 6.14. The number of para-hydroxylation sites is 1. The lowest BCUT2D eigenvalue weighted by Gasteiger charge is -2.11. The number of fused-ring (bicyclic) bond motifs is 3. The Bertz CT molecular complexity index is 981. The van der Waals surface area contributed by atoms with Crippen molar-refractivity contribution in [3.05, 3.63) is 83.9 Å². The first-order valence-electron chi connectivity index (χ1n) is 8.41. The Balaban J connectivity index is 1.93. The van der Waals surface area contributed by atoms with Crippen molar-refractivity contribution in [3.63, 3.8) is 0 Å². The lowest BCUT2D eigenvalue weighted by atomic mass is 10.1. The van der Waals surface area contributed by atoms with Gasteiger partial charge in [0.1, 0.15) is 0 Å². The van der Waals surface area contributed by atoms with Crippen LogP contribution in [0.4, 0.5) is 0 Å². The maximum absolute atomic E-state index is 2.44. The first-order valence-corrected chi connectivity index (χ1v) is 8.41. The second-order valence-corrected chi connectivity index (χ2v) is 6.68. The molecule has 1 heterocycles. The van der Waals surface area contributed by atoms with Crippen LogP contribution in [0.3, 0.4) is 0 Å². The Morgan fingerprint density at radius 2 is 1.42 bits per heavy atom. The van der Waals surface area contributed by atoms with Gasteiger partial charge in [0.15, 0.2) is 0 Å². The van der Waals surface area contributed by atoms with E-state index in [4.69, 9.17) is 0 Å². The standard InChI is InChI=1S/C22H22N2/c1-23(2)15-18-12-13-20-19-10-6-7-11-21(19)24(22(20)14-18)16-17-8-4-3-5-9-17/h3-14H,15-16H2,1-2H3. The summed E-state index contributed by atoms with van der Waals surface area (Å²) >= 11 is 0. The molecular formula is C22H22N2. The van der Waals surface area contributed by atoms with Crippen molar-refractivity contribution in [2.45, 2.75) is 13.1 Å². The Morgan fingerprint density at radius 3 is 2.21 bits per heavy atom. The molecule has 0 unspecified atom stereocenters. The summed E-state index contributed by atoms with van der Waals surface area (Å²) in [4.78, 5) is 2.21. The molecule has 4 aromatic rings. The summed E-state index contributed by atoms with van der Waals surface area (Å²) < 4.78 is 2.44. The molecule has 2 nitrogen and oxygen atoms in total. The largest absolute Gasteiger partial charge is 0.336 e. The summed E-state index contributed by atoms with van der Waals surface area (Å²) in [5.41, 5.74) is 5.31. The van der Waals surface area contributed by atoms with Gasteiger partial charge in [-0.2, -0.15) is 0 Å². The van der Waals surface area contributed by atoms with E-state index < -0.39 is 0 Å². The minimum Gasteiger partial charge on any atom is -0.336 e. The summed E-state index contributed by atoms with van der Waals surface area (Å²) in [6, 6.07) is 26.3. The van der Waals surface area contributed by atoms with E-state index in [9.17, 15) is 0 Å². The Morgan fingerprint density at radius 1 is 0.708 bits per heavy atom. The fraction of sp³-hybridized carbons (Fsp3) is 0.182. The van der Waals surface area contributed by atoms with Crippen LogP contribution in [0.1, 0.15) is 11.1 Å². The minimum absolute atomic E-state index is 0.899. The van der Waals surface area contributed by atoms with Gasteiger partial charge in [-0.25, -0.2) is 0 Å². The monoisotopic (exact) mass is 314 g/mol. The lowest BCUT2D eigenvalue weighted by Crippen LogP contribution is -2.10. The Labute approximate surface area is 142 Å². The number of rotatable bonds is 4. The van der Waals surface area contributed by atoms with Crippen LogP contribution < -0.4 is 0 Å². The molecule has 0 aliphatic carbocycles. The highest BCUT2D eigenvalue weighted by atomic mass is 15.0. The van der Waals surface area contributed by atoms with Crippen LogP contribution >= 0.6 is 0 Å². The Hall–Kier alpha value is -2.58. The van der Waals surface area contributed by atoms with Crippen LogP contribution in [0.2, 0.25) is 0 Å². The van der Waals surface area contributed by atoms with E-state index >= 15 is 0 Å². The van der Waals surface area contributed by atoms with Gasteiger partial charge in [-0.05, 0) is 37.4 Å². The maximum Gasteiger partial charge on any atom is 0.0497 e. The molecule has 4 rings (SSSR count). The average Bonchev–Trinajstić information content (AvgIpc) is 2.89. The van der Waals surface area contributed by atoms with Crippen LogP contribution in [-0.4, -0.2) is 23.6 Å². The van der Waals surface area contributed by atoms with Gasteiger partial charge in [-0.3, -0.25) is 0 Å². The van der Waals surface area contributed by atoms with E-state index in [-0.39, 0.29) is 0 Å². The van der Waals surface area contributed by atoms with Crippen LogP contribution in [0.25, 0.3) is 21.8 Å². The number of benzene rings is 3. The highest BCUT2D eigenvalue weighted by Gasteiger charge is 2.11. The summed E-state index contributed by atoms with van der Waals surface area (Å²) in [7, 11) is 4.23. The van der Waals surface area contributed by atoms with Gasteiger partial charge in [0.05, 0.1) is 0 Å². The molecule has 0 bridgehead atoms. The van der Waals surface area contributed by atoms with Crippen molar-refractivity contribution in [2.75, 3.05) is 14.1 Å². The molecule has 0 radical (unpaired) electrons. The fourth-order valence-corrected chi connectivity index (χ4v) is 3.49. The van der Waals surface area contributed by atoms with E-state index in [2.05, 4.69) is 96.4 Å². The van der Waals surface area contributed by atoms with Crippen LogP contribution in [0, 0.1) is 0 Å². The van der Waals surface area contributed by atoms with Crippen molar-refractivity contribution >= 4 is 21.8 Å².